The third-order valence-corrected chi connectivity index (χ3v) is 3.17. The van der Waals surface area contributed by atoms with Crippen molar-refractivity contribution in [3.8, 4) is 0 Å². The highest BCUT2D eigenvalue weighted by Crippen LogP contribution is 2.58. The molecule has 2 aliphatic carbocycles. The molecule has 1 amide bonds. The number of primary amides is 1. The Morgan fingerprint density at radius 2 is 2.00 bits per heavy atom. The fourth-order valence-electron chi connectivity index (χ4n) is 1.95. The molecule has 0 aromatic heterocycles. The molecule has 2 fully saturated rings. The van der Waals surface area contributed by atoms with E-state index < -0.39 is 0 Å². The molecule has 0 saturated heterocycles. The monoisotopic (exact) mass is 139 g/mol. The maximum Gasteiger partial charge on any atom is 0.223 e. The number of hydrogen-bond donors (Lipinski definition) is 1. The van der Waals surface area contributed by atoms with Crippen LogP contribution >= 0.6 is 0 Å². The Morgan fingerprint density at radius 1 is 1.40 bits per heavy atom. The average molecular weight is 139 g/mol. The minimum atomic E-state index is -0.0443. The van der Waals surface area contributed by atoms with E-state index in [1.54, 1.807) is 0 Å². The van der Waals surface area contributed by atoms with Crippen LogP contribution in [-0.4, -0.2) is 5.91 Å². The molecule has 0 bridgehead atoms. The Kier molecular flexibility index (Phi) is 1.08. The van der Waals surface area contributed by atoms with Crippen molar-refractivity contribution in [3.05, 3.63) is 0 Å². The van der Waals surface area contributed by atoms with Gasteiger partial charge in [-0.15, -0.1) is 0 Å². The number of amides is 1. The van der Waals surface area contributed by atoms with E-state index >= 15 is 0 Å². The highest BCUT2D eigenvalue weighted by molar-refractivity contribution is 5.84. The van der Waals surface area contributed by atoms with E-state index in [0.29, 0.717) is 5.92 Å². The van der Waals surface area contributed by atoms with E-state index in [4.69, 9.17) is 5.73 Å². The van der Waals surface area contributed by atoms with Gasteiger partial charge in [-0.1, -0.05) is 6.42 Å². The molecule has 0 aromatic rings. The van der Waals surface area contributed by atoms with Gasteiger partial charge >= 0.3 is 0 Å². The lowest BCUT2D eigenvalue weighted by Gasteiger charge is -2.31. The lowest BCUT2D eigenvalue weighted by atomic mass is 9.73. The second kappa shape index (κ2) is 1.74. The summed E-state index contributed by atoms with van der Waals surface area (Å²) in [6.07, 6.45) is 5.91. The quantitative estimate of drug-likeness (QED) is 0.610. The van der Waals surface area contributed by atoms with E-state index in [1.807, 2.05) is 0 Å². The third kappa shape index (κ3) is 0.619. The molecule has 0 unspecified atom stereocenters. The molecule has 0 radical (unpaired) electrons. The molecule has 0 aliphatic heterocycles. The molecular formula is C8H13NO. The highest BCUT2D eigenvalue weighted by atomic mass is 16.1. The van der Waals surface area contributed by atoms with Crippen molar-refractivity contribution >= 4 is 5.91 Å². The topological polar surface area (TPSA) is 43.1 Å². The predicted octanol–water partition coefficient (Wildman–Crippen LogP) is 1.05. The smallest absolute Gasteiger partial charge is 0.223 e. The van der Waals surface area contributed by atoms with Crippen molar-refractivity contribution in [1.29, 1.82) is 0 Å². The SMILES string of the molecule is NC(=O)C1(C2CCC2)CC1. The van der Waals surface area contributed by atoms with Gasteiger partial charge in [0.05, 0.1) is 5.41 Å². The van der Waals surface area contributed by atoms with Crippen LogP contribution in [0.2, 0.25) is 0 Å². The Hall–Kier alpha value is -0.530. The molecule has 0 heterocycles. The van der Waals surface area contributed by atoms with Crippen LogP contribution in [0, 0.1) is 11.3 Å². The summed E-state index contributed by atoms with van der Waals surface area (Å²) in [5.41, 5.74) is 5.29. The standard InChI is InChI=1S/C8H13NO/c9-7(10)8(4-5-8)6-2-1-3-6/h6H,1-5H2,(H2,9,10). The van der Waals surface area contributed by atoms with Gasteiger partial charge in [0.2, 0.25) is 5.91 Å². The second-order valence-electron chi connectivity index (χ2n) is 3.65. The van der Waals surface area contributed by atoms with Gasteiger partial charge in [0.15, 0.2) is 0 Å². The number of hydrogen-bond acceptors (Lipinski definition) is 1. The van der Waals surface area contributed by atoms with Gasteiger partial charge in [0.1, 0.15) is 0 Å². The van der Waals surface area contributed by atoms with E-state index in [0.717, 1.165) is 12.8 Å². The van der Waals surface area contributed by atoms with Crippen LogP contribution in [0.5, 0.6) is 0 Å². The highest BCUT2D eigenvalue weighted by Gasteiger charge is 2.55. The van der Waals surface area contributed by atoms with Crippen molar-refractivity contribution in [2.75, 3.05) is 0 Å². The summed E-state index contributed by atoms with van der Waals surface area (Å²) in [5.74, 6) is 0.613. The molecule has 0 aromatic carbocycles. The first kappa shape index (κ1) is 6.20. The summed E-state index contributed by atoms with van der Waals surface area (Å²) in [6, 6.07) is 0. The molecule has 2 heteroatoms. The Labute approximate surface area is 60.8 Å². The number of rotatable bonds is 2. The summed E-state index contributed by atoms with van der Waals surface area (Å²) < 4.78 is 0. The summed E-state index contributed by atoms with van der Waals surface area (Å²) in [4.78, 5) is 10.9. The van der Waals surface area contributed by atoms with Gasteiger partial charge in [-0.3, -0.25) is 4.79 Å². The molecule has 2 nitrogen and oxygen atoms in total. The molecular weight excluding hydrogens is 126 g/mol. The summed E-state index contributed by atoms with van der Waals surface area (Å²) in [7, 11) is 0. The zero-order valence-corrected chi connectivity index (χ0v) is 6.10. The maximum atomic E-state index is 10.9. The van der Waals surface area contributed by atoms with E-state index in [-0.39, 0.29) is 11.3 Å². The van der Waals surface area contributed by atoms with Crippen LogP contribution in [0.1, 0.15) is 32.1 Å². The average Bonchev–Trinajstić information content (AvgIpc) is 2.41. The Balaban J connectivity index is 2.06. The van der Waals surface area contributed by atoms with Crippen molar-refractivity contribution in [1.82, 2.24) is 0 Å². The zero-order valence-electron chi connectivity index (χ0n) is 6.10. The lowest BCUT2D eigenvalue weighted by molar-refractivity contribution is -0.126. The van der Waals surface area contributed by atoms with Gasteiger partial charge in [-0.25, -0.2) is 0 Å². The van der Waals surface area contributed by atoms with Crippen LogP contribution in [0.3, 0.4) is 0 Å². The Bertz CT molecular complexity index is 168. The molecule has 2 saturated carbocycles. The van der Waals surface area contributed by atoms with Gasteiger partial charge in [0.25, 0.3) is 0 Å². The molecule has 56 valence electrons. The van der Waals surface area contributed by atoms with Gasteiger partial charge in [-0.05, 0) is 31.6 Å². The van der Waals surface area contributed by atoms with Crippen molar-refractivity contribution in [2.45, 2.75) is 32.1 Å². The minimum absolute atomic E-state index is 0.0156. The molecule has 0 spiro atoms. The third-order valence-electron chi connectivity index (χ3n) is 3.17. The van der Waals surface area contributed by atoms with Crippen LogP contribution in [-0.2, 0) is 4.79 Å². The molecule has 2 aliphatic rings. The summed E-state index contributed by atoms with van der Waals surface area (Å²) in [5, 5.41) is 0. The maximum absolute atomic E-state index is 10.9. The first-order chi connectivity index (χ1) is 4.76. The fraction of sp³-hybridized carbons (Fsp3) is 0.875. The number of nitrogens with two attached hydrogens (primary N) is 1. The lowest BCUT2D eigenvalue weighted by Crippen LogP contribution is -2.35. The predicted molar refractivity (Wildman–Crippen MR) is 38.2 cm³/mol. The van der Waals surface area contributed by atoms with Gasteiger partial charge in [0, 0.05) is 0 Å². The van der Waals surface area contributed by atoms with Gasteiger partial charge < -0.3 is 5.73 Å². The van der Waals surface area contributed by atoms with E-state index in [9.17, 15) is 4.79 Å². The van der Waals surface area contributed by atoms with Crippen LogP contribution in [0.15, 0.2) is 0 Å². The second-order valence-corrected chi connectivity index (χ2v) is 3.65. The van der Waals surface area contributed by atoms with Crippen LogP contribution in [0.25, 0.3) is 0 Å². The Morgan fingerprint density at radius 3 is 2.10 bits per heavy atom. The van der Waals surface area contributed by atoms with Gasteiger partial charge in [-0.2, -0.15) is 0 Å². The number of carbonyl (C=O) groups is 1. The number of carbonyl (C=O) groups excluding carboxylic acids is 1. The van der Waals surface area contributed by atoms with Crippen LogP contribution < -0.4 is 5.73 Å². The van der Waals surface area contributed by atoms with E-state index in [2.05, 4.69) is 0 Å². The summed E-state index contributed by atoms with van der Waals surface area (Å²) in [6.45, 7) is 0. The first-order valence-corrected chi connectivity index (χ1v) is 4.06. The largest absolute Gasteiger partial charge is 0.369 e. The minimum Gasteiger partial charge on any atom is -0.369 e. The molecule has 0 atom stereocenters. The van der Waals surface area contributed by atoms with E-state index in [1.165, 1.54) is 19.3 Å². The van der Waals surface area contributed by atoms with Crippen molar-refractivity contribution in [2.24, 2.45) is 17.1 Å². The summed E-state index contributed by atoms with van der Waals surface area (Å²) >= 11 is 0. The van der Waals surface area contributed by atoms with Crippen molar-refractivity contribution in [3.63, 3.8) is 0 Å². The van der Waals surface area contributed by atoms with Crippen LogP contribution in [0.4, 0.5) is 0 Å². The zero-order chi connectivity index (χ0) is 7.19. The van der Waals surface area contributed by atoms with Crippen molar-refractivity contribution < 1.29 is 4.79 Å². The molecule has 2 N–H and O–H groups in total. The normalized spacial score (nSPS) is 29.2. The first-order valence-electron chi connectivity index (χ1n) is 4.06. The molecule has 10 heavy (non-hydrogen) atoms. The fourth-order valence-corrected chi connectivity index (χ4v) is 1.95. The molecule has 2 rings (SSSR count).